The molecule has 0 aromatic carbocycles. The molecule has 1 atom stereocenters. The van der Waals surface area contributed by atoms with E-state index in [1.54, 1.807) is 11.3 Å². The van der Waals surface area contributed by atoms with E-state index in [9.17, 15) is 4.79 Å². The molecule has 0 aliphatic heterocycles. The van der Waals surface area contributed by atoms with Crippen molar-refractivity contribution in [1.29, 1.82) is 0 Å². The van der Waals surface area contributed by atoms with Crippen LogP contribution in [0.25, 0.3) is 0 Å². The summed E-state index contributed by atoms with van der Waals surface area (Å²) >= 11 is 4.97. The lowest BCUT2D eigenvalue weighted by Crippen LogP contribution is -2.28. The molecule has 0 aliphatic rings. The Morgan fingerprint density at radius 2 is 2.33 bits per heavy atom. The largest absolute Gasteiger partial charge is 0.352 e. The van der Waals surface area contributed by atoms with E-state index in [4.69, 9.17) is 0 Å². The smallest absolute Gasteiger partial charge is 0.252 e. The number of aryl methyl sites for hydroxylation is 1. The number of alkyl halides is 1. The van der Waals surface area contributed by atoms with Crippen molar-refractivity contribution >= 4 is 33.2 Å². The summed E-state index contributed by atoms with van der Waals surface area (Å²) in [5.41, 5.74) is 1.87. The lowest BCUT2D eigenvalue weighted by atomic mass is 10.1. The fourth-order valence-electron chi connectivity index (χ4n) is 1.24. The van der Waals surface area contributed by atoms with Crippen LogP contribution in [0.1, 0.15) is 29.3 Å². The minimum atomic E-state index is 0.0511. The van der Waals surface area contributed by atoms with Gasteiger partial charge in [0, 0.05) is 17.3 Å². The maximum absolute atomic E-state index is 11.7. The van der Waals surface area contributed by atoms with Gasteiger partial charge in [-0.05, 0) is 30.2 Å². The molecule has 1 unspecified atom stereocenters. The average molecular weight is 290 g/mol. The van der Waals surface area contributed by atoms with Gasteiger partial charge in [0.25, 0.3) is 5.91 Å². The van der Waals surface area contributed by atoms with Gasteiger partial charge in [-0.1, -0.05) is 22.9 Å². The second-order valence-electron chi connectivity index (χ2n) is 3.76. The maximum Gasteiger partial charge on any atom is 0.252 e. The summed E-state index contributed by atoms with van der Waals surface area (Å²) in [6.45, 7) is 4.86. The highest BCUT2D eigenvalue weighted by atomic mass is 79.9. The van der Waals surface area contributed by atoms with Crippen molar-refractivity contribution in [1.82, 2.24) is 5.32 Å². The zero-order valence-corrected chi connectivity index (χ0v) is 11.5. The Hall–Kier alpha value is -0.350. The first kappa shape index (κ1) is 12.7. The van der Waals surface area contributed by atoms with Crippen molar-refractivity contribution in [3.05, 3.63) is 21.9 Å². The van der Waals surface area contributed by atoms with E-state index in [1.807, 2.05) is 17.7 Å². The molecule has 0 aliphatic carbocycles. The maximum atomic E-state index is 11.7. The van der Waals surface area contributed by atoms with Crippen molar-refractivity contribution in [2.75, 3.05) is 11.9 Å². The fraction of sp³-hybridized carbons (Fsp3) is 0.545. The molecule has 0 saturated heterocycles. The van der Waals surface area contributed by atoms with E-state index < -0.39 is 0 Å². The predicted octanol–water partition coefficient (Wildman–Crippen LogP) is 3.21. The summed E-state index contributed by atoms with van der Waals surface area (Å²) in [5.74, 6) is 0.572. The Labute approximate surface area is 103 Å². The molecule has 1 amide bonds. The zero-order chi connectivity index (χ0) is 11.3. The third kappa shape index (κ3) is 3.95. The van der Waals surface area contributed by atoms with Gasteiger partial charge in [-0.2, -0.15) is 11.3 Å². The Morgan fingerprint density at radius 3 is 2.87 bits per heavy atom. The molecule has 1 N–H and O–H groups in total. The van der Waals surface area contributed by atoms with Crippen LogP contribution in [0, 0.1) is 12.8 Å². The molecule has 15 heavy (non-hydrogen) atoms. The predicted molar refractivity (Wildman–Crippen MR) is 69.0 cm³/mol. The Bertz CT molecular complexity index is 324. The van der Waals surface area contributed by atoms with Crippen molar-refractivity contribution in [3.8, 4) is 0 Å². The molecule has 1 aromatic heterocycles. The van der Waals surface area contributed by atoms with Crippen LogP contribution in [0.2, 0.25) is 0 Å². The molecule has 1 rings (SSSR count). The van der Waals surface area contributed by atoms with Gasteiger partial charge in [-0.15, -0.1) is 0 Å². The molecular weight excluding hydrogens is 274 g/mol. The summed E-state index contributed by atoms with van der Waals surface area (Å²) in [6, 6.07) is 0. The van der Waals surface area contributed by atoms with E-state index in [0.29, 0.717) is 5.92 Å². The molecule has 0 radical (unpaired) electrons. The second kappa shape index (κ2) is 6.28. The summed E-state index contributed by atoms with van der Waals surface area (Å²) in [4.78, 5) is 11.7. The van der Waals surface area contributed by atoms with Crippen molar-refractivity contribution in [3.63, 3.8) is 0 Å². The zero-order valence-electron chi connectivity index (χ0n) is 9.05. The van der Waals surface area contributed by atoms with E-state index in [0.717, 1.165) is 29.4 Å². The standard InChI is InChI=1S/C11H16BrNOS/c1-8(3-4-12)5-13-11(14)10-7-15-6-9(10)2/h6-8H,3-5H2,1-2H3,(H,13,14). The molecule has 1 heterocycles. The summed E-state index contributed by atoms with van der Waals surface area (Å²) in [5, 5.41) is 7.84. The molecule has 0 saturated carbocycles. The first-order valence-corrected chi connectivity index (χ1v) is 7.08. The van der Waals surface area contributed by atoms with Crippen molar-refractivity contribution in [2.45, 2.75) is 20.3 Å². The van der Waals surface area contributed by atoms with E-state index in [-0.39, 0.29) is 5.91 Å². The van der Waals surface area contributed by atoms with Crippen LogP contribution in [0.3, 0.4) is 0 Å². The number of nitrogens with one attached hydrogen (secondary N) is 1. The van der Waals surface area contributed by atoms with Crippen LogP contribution in [0.5, 0.6) is 0 Å². The summed E-state index contributed by atoms with van der Waals surface area (Å²) < 4.78 is 0. The lowest BCUT2D eigenvalue weighted by molar-refractivity contribution is 0.0948. The quantitative estimate of drug-likeness (QED) is 0.829. The van der Waals surface area contributed by atoms with Gasteiger partial charge in [-0.3, -0.25) is 4.79 Å². The minimum absolute atomic E-state index is 0.0511. The van der Waals surface area contributed by atoms with E-state index >= 15 is 0 Å². The molecule has 4 heteroatoms. The molecule has 84 valence electrons. The highest BCUT2D eigenvalue weighted by Gasteiger charge is 2.10. The van der Waals surface area contributed by atoms with Crippen LogP contribution in [-0.4, -0.2) is 17.8 Å². The van der Waals surface area contributed by atoms with Gasteiger partial charge in [0.15, 0.2) is 0 Å². The van der Waals surface area contributed by atoms with Gasteiger partial charge in [0.2, 0.25) is 0 Å². The van der Waals surface area contributed by atoms with Crippen LogP contribution in [0.15, 0.2) is 10.8 Å². The van der Waals surface area contributed by atoms with Gasteiger partial charge in [-0.25, -0.2) is 0 Å². The second-order valence-corrected chi connectivity index (χ2v) is 5.30. The van der Waals surface area contributed by atoms with Gasteiger partial charge < -0.3 is 5.32 Å². The highest BCUT2D eigenvalue weighted by Crippen LogP contribution is 2.13. The van der Waals surface area contributed by atoms with Gasteiger partial charge in [0.1, 0.15) is 0 Å². The third-order valence-corrected chi connectivity index (χ3v) is 3.63. The normalized spacial score (nSPS) is 12.5. The fourth-order valence-corrected chi connectivity index (χ4v) is 2.85. The SMILES string of the molecule is Cc1cscc1C(=O)NCC(C)CCBr. The number of hydrogen-bond donors (Lipinski definition) is 1. The molecule has 0 bridgehead atoms. The van der Waals surface area contributed by atoms with E-state index in [2.05, 4.69) is 28.2 Å². The lowest BCUT2D eigenvalue weighted by Gasteiger charge is -2.10. The number of carbonyl (C=O) groups excluding carboxylic acids is 1. The topological polar surface area (TPSA) is 29.1 Å². The molecular formula is C11H16BrNOS. The Balaban J connectivity index is 2.40. The van der Waals surface area contributed by atoms with Gasteiger partial charge >= 0.3 is 0 Å². The van der Waals surface area contributed by atoms with Crippen molar-refractivity contribution in [2.24, 2.45) is 5.92 Å². The average Bonchev–Trinajstić information content (AvgIpc) is 2.61. The number of halogens is 1. The molecule has 0 spiro atoms. The number of amides is 1. The van der Waals surface area contributed by atoms with Crippen LogP contribution < -0.4 is 5.32 Å². The Morgan fingerprint density at radius 1 is 1.60 bits per heavy atom. The summed E-state index contributed by atoms with van der Waals surface area (Å²) in [6.07, 6.45) is 1.09. The molecule has 2 nitrogen and oxygen atoms in total. The third-order valence-electron chi connectivity index (χ3n) is 2.31. The number of hydrogen-bond acceptors (Lipinski definition) is 2. The number of carbonyl (C=O) groups is 1. The molecule has 1 aromatic rings. The first-order chi connectivity index (χ1) is 7.15. The molecule has 0 fully saturated rings. The Kier molecular flexibility index (Phi) is 5.32. The number of rotatable bonds is 5. The monoisotopic (exact) mass is 289 g/mol. The van der Waals surface area contributed by atoms with Crippen LogP contribution >= 0.6 is 27.3 Å². The van der Waals surface area contributed by atoms with E-state index in [1.165, 1.54) is 0 Å². The van der Waals surface area contributed by atoms with Crippen molar-refractivity contribution < 1.29 is 4.79 Å². The van der Waals surface area contributed by atoms with Crippen LogP contribution in [-0.2, 0) is 0 Å². The first-order valence-electron chi connectivity index (χ1n) is 5.02. The number of thiophene rings is 1. The van der Waals surface area contributed by atoms with Crippen LogP contribution in [0.4, 0.5) is 0 Å². The minimum Gasteiger partial charge on any atom is -0.352 e. The summed E-state index contributed by atoms with van der Waals surface area (Å²) in [7, 11) is 0. The van der Waals surface area contributed by atoms with Gasteiger partial charge in [0.05, 0.1) is 5.56 Å². The highest BCUT2D eigenvalue weighted by molar-refractivity contribution is 9.09.